The fourth-order valence-corrected chi connectivity index (χ4v) is 2.25. The zero-order valence-corrected chi connectivity index (χ0v) is 11.8. The van der Waals surface area contributed by atoms with Crippen molar-refractivity contribution in [1.29, 1.82) is 0 Å². The molecule has 0 aromatic carbocycles. The molecule has 3 heteroatoms. The molecule has 0 radical (unpaired) electrons. The van der Waals surface area contributed by atoms with Crippen LogP contribution in [0, 0.1) is 11.3 Å². The van der Waals surface area contributed by atoms with Crippen molar-refractivity contribution in [3.63, 3.8) is 0 Å². The molecule has 3 nitrogen and oxygen atoms in total. The number of rotatable bonds is 3. The molecular formula is C14H28N2O. The standard InChI is InChI=1S/C14H28N2O/c1-5-11-7-6-8-16(10-11)13(17)9-12(15)14(2,3)4/h11-12H,5-10,15H2,1-4H3. The van der Waals surface area contributed by atoms with Crippen LogP contribution in [0.5, 0.6) is 0 Å². The number of amides is 1. The normalized spacial score (nSPS) is 23.6. The molecule has 1 aliphatic heterocycles. The first-order valence-corrected chi connectivity index (χ1v) is 6.88. The molecule has 0 aromatic heterocycles. The summed E-state index contributed by atoms with van der Waals surface area (Å²) in [6.07, 6.45) is 4.08. The highest BCUT2D eigenvalue weighted by molar-refractivity contribution is 5.77. The SMILES string of the molecule is CCC1CCCN(C(=O)CC(N)C(C)(C)C)C1. The van der Waals surface area contributed by atoms with E-state index in [-0.39, 0.29) is 17.4 Å². The van der Waals surface area contributed by atoms with E-state index in [1.54, 1.807) is 0 Å². The van der Waals surface area contributed by atoms with Crippen molar-refractivity contribution in [3.8, 4) is 0 Å². The molecule has 1 rings (SSSR count). The van der Waals surface area contributed by atoms with E-state index in [2.05, 4.69) is 27.7 Å². The van der Waals surface area contributed by atoms with Gasteiger partial charge in [0.2, 0.25) is 5.91 Å². The predicted molar refractivity (Wildman–Crippen MR) is 71.6 cm³/mol. The molecule has 0 spiro atoms. The topological polar surface area (TPSA) is 46.3 Å². The molecule has 0 aliphatic carbocycles. The van der Waals surface area contributed by atoms with E-state index >= 15 is 0 Å². The fourth-order valence-electron chi connectivity index (χ4n) is 2.25. The van der Waals surface area contributed by atoms with Crippen LogP contribution in [-0.2, 0) is 4.79 Å². The van der Waals surface area contributed by atoms with Crippen molar-refractivity contribution in [2.45, 2.75) is 59.4 Å². The Kier molecular flexibility index (Phi) is 4.99. The second-order valence-electron chi connectivity index (χ2n) is 6.43. The summed E-state index contributed by atoms with van der Waals surface area (Å²) in [4.78, 5) is 14.2. The van der Waals surface area contributed by atoms with Crippen LogP contribution in [0.15, 0.2) is 0 Å². The number of hydrogen-bond donors (Lipinski definition) is 1. The number of piperidine rings is 1. The third kappa shape index (κ3) is 4.30. The van der Waals surface area contributed by atoms with Crippen molar-refractivity contribution in [2.24, 2.45) is 17.1 Å². The zero-order valence-electron chi connectivity index (χ0n) is 11.8. The van der Waals surface area contributed by atoms with Crippen LogP contribution >= 0.6 is 0 Å². The van der Waals surface area contributed by atoms with Gasteiger partial charge in [0.15, 0.2) is 0 Å². The summed E-state index contributed by atoms with van der Waals surface area (Å²) in [5.74, 6) is 0.934. The molecule has 0 aromatic rings. The molecule has 1 heterocycles. The van der Waals surface area contributed by atoms with E-state index in [1.165, 1.54) is 12.8 Å². The van der Waals surface area contributed by atoms with Crippen molar-refractivity contribution < 1.29 is 4.79 Å². The molecule has 100 valence electrons. The highest BCUT2D eigenvalue weighted by Crippen LogP contribution is 2.23. The average Bonchev–Trinajstić information content (AvgIpc) is 2.27. The third-order valence-electron chi connectivity index (χ3n) is 3.96. The molecular weight excluding hydrogens is 212 g/mol. The van der Waals surface area contributed by atoms with Gasteiger partial charge in [-0.05, 0) is 24.2 Å². The van der Waals surface area contributed by atoms with Gasteiger partial charge in [-0.15, -0.1) is 0 Å². The van der Waals surface area contributed by atoms with Gasteiger partial charge in [0.25, 0.3) is 0 Å². The van der Waals surface area contributed by atoms with E-state index in [0.717, 1.165) is 19.5 Å². The largest absolute Gasteiger partial charge is 0.342 e. The van der Waals surface area contributed by atoms with E-state index < -0.39 is 0 Å². The van der Waals surface area contributed by atoms with Crippen molar-refractivity contribution in [1.82, 2.24) is 4.90 Å². The Morgan fingerprint density at radius 2 is 2.12 bits per heavy atom. The van der Waals surface area contributed by atoms with E-state index in [4.69, 9.17) is 5.73 Å². The molecule has 1 fully saturated rings. The first kappa shape index (κ1) is 14.5. The number of nitrogens with two attached hydrogens (primary N) is 1. The minimum absolute atomic E-state index is 0.00953. The van der Waals surface area contributed by atoms with E-state index in [0.29, 0.717) is 12.3 Å². The lowest BCUT2D eigenvalue weighted by Crippen LogP contribution is -2.45. The van der Waals surface area contributed by atoms with Crippen LogP contribution in [0.3, 0.4) is 0 Å². The fraction of sp³-hybridized carbons (Fsp3) is 0.929. The molecule has 17 heavy (non-hydrogen) atoms. The van der Waals surface area contributed by atoms with Gasteiger partial charge in [0, 0.05) is 25.6 Å². The van der Waals surface area contributed by atoms with Gasteiger partial charge in [0.1, 0.15) is 0 Å². The molecule has 0 saturated carbocycles. The summed E-state index contributed by atoms with van der Waals surface area (Å²) in [5.41, 5.74) is 6.09. The lowest BCUT2D eigenvalue weighted by molar-refractivity contribution is -0.134. The smallest absolute Gasteiger partial charge is 0.224 e. The number of likely N-dealkylation sites (tertiary alicyclic amines) is 1. The Morgan fingerprint density at radius 3 is 2.65 bits per heavy atom. The first-order valence-electron chi connectivity index (χ1n) is 6.88. The van der Waals surface area contributed by atoms with Gasteiger partial charge in [-0.3, -0.25) is 4.79 Å². The summed E-state index contributed by atoms with van der Waals surface area (Å²) >= 11 is 0. The molecule has 2 atom stereocenters. The van der Waals surface area contributed by atoms with Crippen LogP contribution in [-0.4, -0.2) is 29.9 Å². The van der Waals surface area contributed by atoms with Crippen LogP contribution in [0.1, 0.15) is 53.4 Å². The Bertz CT molecular complexity index is 257. The van der Waals surface area contributed by atoms with Gasteiger partial charge < -0.3 is 10.6 Å². The third-order valence-corrected chi connectivity index (χ3v) is 3.96. The number of carbonyl (C=O) groups is 1. The maximum Gasteiger partial charge on any atom is 0.224 e. The second-order valence-corrected chi connectivity index (χ2v) is 6.43. The van der Waals surface area contributed by atoms with Crippen LogP contribution in [0.25, 0.3) is 0 Å². The molecule has 2 N–H and O–H groups in total. The van der Waals surface area contributed by atoms with Gasteiger partial charge in [-0.1, -0.05) is 34.1 Å². The first-order chi connectivity index (χ1) is 7.84. The summed E-state index contributed by atoms with van der Waals surface area (Å²) in [6.45, 7) is 10.3. The maximum atomic E-state index is 12.2. The zero-order chi connectivity index (χ0) is 13.1. The van der Waals surface area contributed by atoms with Crippen LogP contribution < -0.4 is 5.73 Å². The molecule has 1 amide bonds. The van der Waals surface area contributed by atoms with E-state index in [9.17, 15) is 4.79 Å². The van der Waals surface area contributed by atoms with Gasteiger partial charge in [-0.2, -0.15) is 0 Å². The number of hydrogen-bond acceptors (Lipinski definition) is 2. The van der Waals surface area contributed by atoms with Crippen LogP contribution in [0.2, 0.25) is 0 Å². The predicted octanol–water partition coefficient (Wildman–Crippen LogP) is 2.40. The van der Waals surface area contributed by atoms with Crippen molar-refractivity contribution in [3.05, 3.63) is 0 Å². The van der Waals surface area contributed by atoms with Crippen LogP contribution in [0.4, 0.5) is 0 Å². The minimum atomic E-state index is -0.0444. The average molecular weight is 240 g/mol. The Balaban J connectivity index is 2.47. The summed E-state index contributed by atoms with van der Waals surface area (Å²) in [5, 5.41) is 0. The highest BCUT2D eigenvalue weighted by Gasteiger charge is 2.27. The number of carbonyl (C=O) groups excluding carboxylic acids is 1. The van der Waals surface area contributed by atoms with Crippen molar-refractivity contribution >= 4 is 5.91 Å². The lowest BCUT2D eigenvalue weighted by Gasteiger charge is -2.34. The quantitative estimate of drug-likeness (QED) is 0.823. The Morgan fingerprint density at radius 1 is 1.47 bits per heavy atom. The summed E-state index contributed by atoms with van der Waals surface area (Å²) in [7, 11) is 0. The van der Waals surface area contributed by atoms with Gasteiger partial charge in [0.05, 0.1) is 0 Å². The van der Waals surface area contributed by atoms with Gasteiger partial charge >= 0.3 is 0 Å². The molecule has 0 bridgehead atoms. The molecule has 1 aliphatic rings. The minimum Gasteiger partial charge on any atom is -0.342 e. The second kappa shape index (κ2) is 5.85. The van der Waals surface area contributed by atoms with E-state index in [1.807, 2.05) is 4.90 Å². The van der Waals surface area contributed by atoms with Crippen molar-refractivity contribution in [2.75, 3.05) is 13.1 Å². The lowest BCUT2D eigenvalue weighted by atomic mass is 9.85. The molecule has 1 saturated heterocycles. The highest BCUT2D eigenvalue weighted by atomic mass is 16.2. The Hall–Kier alpha value is -0.570. The Labute approximate surface area is 106 Å². The monoisotopic (exact) mass is 240 g/mol. The maximum absolute atomic E-state index is 12.2. The number of nitrogens with zero attached hydrogens (tertiary/aromatic N) is 1. The summed E-state index contributed by atoms with van der Waals surface area (Å²) in [6, 6.07) is -0.0444. The summed E-state index contributed by atoms with van der Waals surface area (Å²) < 4.78 is 0. The van der Waals surface area contributed by atoms with Gasteiger partial charge in [-0.25, -0.2) is 0 Å². The molecule has 2 unspecified atom stereocenters.